The molecule has 0 spiro atoms. The van der Waals surface area contributed by atoms with Crippen LogP contribution < -0.4 is 5.32 Å². The van der Waals surface area contributed by atoms with E-state index in [9.17, 15) is 4.79 Å². The third-order valence-electron chi connectivity index (χ3n) is 3.72. The Morgan fingerprint density at radius 3 is 2.26 bits per heavy atom. The second-order valence-corrected chi connectivity index (χ2v) is 5.79. The van der Waals surface area contributed by atoms with Crippen LogP contribution in [0.25, 0.3) is 0 Å². The third-order valence-corrected chi connectivity index (χ3v) is 3.72. The first-order chi connectivity index (χ1) is 9.07. The minimum Gasteiger partial charge on any atom is -0.481 e. The summed E-state index contributed by atoms with van der Waals surface area (Å²) < 4.78 is 0. The standard InChI is InChI=1S/C16H33NO2/c1-4-5-6-7-8-9-13-17-15(3)12-10-11-14(2)16(18)19/h14-15,17H,4-13H2,1-3H3,(H,18,19). The molecule has 0 heterocycles. The van der Waals surface area contributed by atoms with Crippen LogP contribution in [0.3, 0.4) is 0 Å². The Labute approximate surface area is 119 Å². The molecule has 0 radical (unpaired) electrons. The lowest BCUT2D eigenvalue weighted by Crippen LogP contribution is -2.27. The molecule has 0 saturated heterocycles. The largest absolute Gasteiger partial charge is 0.481 e. The van der Waals surface area contributed by atoms with Crippen LogP contribution in [0, 0.1) is 5.92 Å². The van der Waals surface area contributed by atoms with Gasteiger partial charge in [-0.15, -0.1) is 0 Å². The average Bonchev–Trinajstić information content (AvgIpc) is 2.37. The number of carbonyl (C=O) groups is 1. The highest BCUT2D eigenvalue weighted by molar-refractivity contribution is 5.69. The summed E-state index contributed by atoms with van der Waals surface area (Å²) in [5.74, 6) is -0.876. The normalized spacial score (nSPS) is 14.3. The van der Waals surface area contributed by atoms with Crippen molar-refractivity contribution in [2.24, 2.45) is 5.92 Å². The number of nitrogens with one attached hydrogen (secondary N) is 1. The molecule has 114 valence electrons. The molecule has 0 rings (SSSR count). The summed E-state index contributed by atoms with van der Waals surface area (Å²) in [5, 5.41) is 12.3. The van der Waals surface area contributed by atoms with E-state index in [-0.39, 0.29) is 5.92 Å². The molecule has 3 nitrogen and oxygen atoms in total. The van der Waals surface area contributed by atoms with Crippen molar-refractivity contribution < 1.29 is 9.90 Å². The van der Waals surface area contributed by atoms with Gasteiger partial charge in [0.25, 0.3) is 0 Å². The first kappa shape index (κ1) is 18.4. The summed E-state index contributed by atoms with van der Waals surface area (Å²) in [7, 11) is 0. The number of carboxylic acid groups (broad SMARTS) is 1. The Kier molecular flexibility index (Phi) is 12.1. The van der Waals surface area contributed by atoms with Crippen LogP contribution >= 0.6 is 0 Å². The van der Waals surface area contributed by atoms with E-state index in [0.717, 1.165) is 25.8 Å². The Hall–Kier alpha value is -0.570. The molecule has 0 aromatic rings. The fourth-order valence-corrected chi connectivity index (χ4v) is 2.21. The molecule has 2 N–H and O–H groups in total. The van der Waals surface area contributed by atoms with Crippen LogP contribution in [0.15, 0.2) is 0 Å². The Bertz CT molecular complexity index is 219. The van der Waals surface area contributed by atoms with Gasteiger partial charge in [0.1, 0.15) is 0 Å². The monoisotopic (exact) mass is 271 g/mol. The molecule has 2 unspecified atom stereocenters. The van der Waals surface area contributed by atoms with Crippen LogP contribution in [-0.4, -0.2) is 23.7 Å². The van der Waals surface area contributed by atoms with E-state index in [1.807, 2.05) is 0 Å². The molecule has 0 saturated carbocycles. The Morgan fingerprint density at radius 2 is 1.63 bits per heavy atom. The van der Waals surface area contributed by atoms with Gasteiger partial charge in [0, 0.05) is 6.04 Å². The van der Waals surface area contributed by atoms with Gasteiger partial charge in [-0.25, -0.2) is 0 Å². The summed E-state index contributed by atoms with van der Waals surface area (Å²) in [6, 6.07) is 0.511. The third kappa shape index (κ3) is 12.2. The van der Waals surface area contributed by atoms with Gasteiger partial charge in [-0.2, -0.15) is 0 Å². The second-order valence-electron chi connectivity index (χ2n) is 5.79. The zero-order valence-corrected chi connectivity index (χ0v) is 13.1. The van der Waals surface area contributed by atoms with E-state index >= 15 is 0 Å². The first-order valence-electron chi connectivity index (χ1n) is 8.04. The quantitative estimate of drug-likeness (QED) is 0.493. The average molecular weight is 271 g/mol. The zero-order chi connectivity index (χ0) is 14.5. The smallest absolute Gasteiger partial charge is 0.306 e. The topological polar surface area (TPSA) is 49.3 Å². The Morgan fingerprint density at radius 1 is 1.00 bits per heavy atom. The van der Waals surface area contributed by atoms with Crippen LogP contribution in [0.1, 0.15) is 78.6 Å². The second kappa shape index (κ2) is 12.5. The van der Waals surface area contributed by atoms with Crippen molar-refractivity contribution in [2.45, 2.75) is 84.6 Å². The fourth-order valence-electron chi connectivity index (χ4n) is 2.21. The van der Waals surface area contributed by atoms with Gasteiger partial charge >= 0.3 is 5.97 Å². The van der Waals surface area contributed by atoms with Crippen molar-refractivity contribution >= 4 is 5.97 Å². The predicted octanol–water partition coefficient (Wildman–Crippen LogP) is 4.22. The molecule has 0 aromatic heterocycles. The van der Waals surface area contributed by atoms with E-state index in [1.165, 1.54) is 38.5 Å². The van der Waals surface area contributed by atoms with Gasteiger partial charge in [0.2, 0.25) is 0 Å². The van der Waals surface area contributed by atoms with Crippen LogP contribution in [-0.2, 0) is 4.79 Å². The van der Waals surface area contributed by atoms with E-state index in [0.29, 0.717) is 6.04 Å². The number of aliphatic carboxylic acids is 1. The maximum absolute atomic E-state index is 10.7. The summed E-state index contributed by atoms with van der Waals surface area (Å²) in [4.78, 5) is 10.7. The van der Waals surface area contributed by atoms with Gasteiger partial charge in [-0.05, 0) is 32.7 Å². The molecule has 0 fully saturated rings. The maximum Gasteiger partial charge on any atom is 0.306 e. The molecular formula is C16H33NO2. The molecule has 0 amide bonds. The first-order valence-corrected chi connectivity index (χ1v) is 8.04. The summed E-state index contributed by atoms with van der Waals surface area (Å²) in [6.07, 6.45) is 10.9. The number of rotatable bonds is 13. The molecule has 0 aliphatic carbocycles. The van der Waals surface area contributed by atoms with Crippen molar-refractivity contribution in [2.75, 3.05) is 6.54 Å². The van der Waals surface area contributed by atoms with Crippen molar-refractivity contribution in [3.63, 3.8) is 0 Å². The summed E-state index contributed by atoms with van der Waals surface area (Å²) in [5.41, 5.74) is 0. The van der Waals surface area contributed by atoms with Crippen molar-refractivity contribution in [3.8, 4) is 0 Å². The SMILES string of the molecule is CCCCCCCCNC(C)CCCC(C)C(=O)O. The molecule has 3 heteroatoms. The lowest BCUT2D eigenvalue weighted by Gasteiger charge is -2.14. The van der Waals surface area contributed by atoms with Crippen molar-refractivity contribution in [3.05, 3.63) is 0 Å². The number of unbranched alkanes of at least 4 members (excludes halogenated alkanes) is 5. The summed E-state index contributed by atoms with van der Waals surface area (Å²) in [6.45, 7) is 7.33. The number of hydrogen-bond acceptors (Lipinski definition) is 2. The van der Waals surface area contributed by atoms with Crippen LogP contribution in [0.2, 0.25) is 0 Å². The number of carboxylic acids is 1. The molecule has 0 aliphatic rings. The highest BCUT2D eigenvalue weighted by atomic mass is 16.4. The highest BCUT2D eigenvalue weighted by Gasteiger charge is 2.10. The molecule has 0 bridgehead atoms. The summed E-state index contributed by atoms with van der Waals surface area (Å²) >= 11 is 0. The lowest BCUT2D eigenvalue weighted by atomic mass is 10.0. The fraction of sp³-hybridized carbons (Fsp3) is 0.938. The van der Waals surface area contributed by atoms with E-state index in [2.05, 4.69) is 19.2 Å². The molecule has 0 aromatic carbocycles. The van der Waals surface area contributed by atoms with Gasteiger partial charge in [0.05, 0.1) is 5.92 Å². The van der Waals surface area contributed by atoms with Crippen molar-refractivity contribution in [1.29, 1.82) is 0 Å². The van der Waals surface area contributed by atoms with Crippen LogP contribution in [0.4, 0.5) is 0 Å². The van der Waals surface area contributed by atoms with Crippen molar-refractivity contribution in [1.82, 2.24) is 5.32 Å². The Balaban J connectivity index is 3.30. The zero-order valence-electron chi connectivity index (χ0n) is 13.1. The maximum atomic E-state index is 10.7. The van der Waals surface area contributed by atoms with Gasteiger partial charge in [-0.3, -0.25) is 4.79 Å². The molecular weight excluding hydrogens is 238 g/mol. The van der Waals surface area contributed by atoms with E-state index in [4.69, 9.17) is 5.11 Å². The van der Waals surface area contributed by atoms with Gasteiger partial charge in [0.15, 0.2) is 0 Å². The van der Waals surface area contributed by atoms with E-state index in [1.54, 1.807) is 6.92 Å². The highest BCUT2D eigenvalue weighted by Crippen LogP contribution is 2.10. The minimum absolute atomic E-state index is 0.203. The molecule has 0 aliphatic heterocycles. The predicted molar refractivity (Wildman–Crippen MR) is 81.5 cm³/mol. The molecule has 19 heavy (non-hydrogen) atoms. The van der Waals surface area contributed by atoms with Gasteiger partial charge in [-0.1, -0.05) is 52.4 Å². The number of hydrogen-bond donors (Lipinski definition) is 2. The lowest BCUT2D eigenvalue weighted by molar-refractivity contribution is -0.141. The van der Waals surface area contributed by atoms with E-state index < -0.39 is 5.97 Å². The molecule has 2 atom stereocenters. The minimum atomic E-state index is -0.673. The van der Waals surface area contributed by atoms with Crippen LogP contribution in [0.5, 0.6) is 0 Å². The van der Waals surface area contributed by atoms with Gasteiger partial charge < -0.3 is 10.4 Å².